The van der Waals surface area contributed by atoms with Crippen LogP contribution in [0.5, 0.6) is 0 Å². The predicted octanol–water partition coefficient (Wildman–Crippen LogP) is 1.22. The van der Waals surface area contributed by atoms with Crippen LogP contribution in [0.3, 0.4) is 0 Å². The summed E-state index contributed by atoms with van der Waals surface area (Å²) in [6.45, 7) is 0. The molecule has 0 amide bonds. The van der Waals surface area contributed by atoms with Crippen LogP contribution in [0.15, 0.2) is 0 Å². The fourth-order valence-corrected chi connectivity index (χ4v) is 0. The van der Waals surface area contributed by atoms with E-state index in [2.05, 4.69) is 0 Å². The van der Waals surface area contributed by atoms with Crippen molar-refractivity contribution in [2.75, 3.05) is 0 Å². The van der Waals surface area contributed by atoms with Crippen molar-refractivity contribution in [3.05, 3.63) is 7.43 Å². The molecule has 0 N–H and O–H groups in total. The zero-order valence-corrected chi connectivity index (χ0v) is 13.3. The first-order valence-corrected chi connectivity index (χ1v) is 0. The van der Waals surface area contributed by atoms with E-state index in [4.69, 9.17) is 0 Å². The quantitative estimate of drug-likeness (QED) is 0.275. The van der Waals surface area contributed by atoms with Gasteiger partial charge in [-0.05, 0) is 0 Å². The van der Waals surface area contributed by atoms with Gasteiger partial charge in [0.15, 0.2) is 0 Å². The molecule has 4 heteroatoms. The molecule has 0 aliphatic rings. The molecule has 8 heavy (non-hydrogen) atoms. The fourth-order valence-electron chi connectivity index (χ4n) is 0. The molecule has 0 aliphatic carbocycles. The molecule has 0 unspecified atom stereocenters. The second-order valence-corrected chi connectivity index (χ2v) is 0. The molecular weight excluding hydrogens is 468 g/mol. The standard InChI is InChI=1S/3CH4.CH3.3HI.K/h3*1H4;1H3;3*1H;/q;;;-1;;;;+1. The Kier molecular flexibility index (Phi) is 845. The Bertz CT molecular complexity index is 11.2. The molecule has 56 valence electrons. The molecule has 0 aromatic carbocycles. The van der Waals surface area contributed by atoms with Gasteiger partial charge in [0.25, 0.3) is 0 Å². The topological polar surface area (TPSA) is 0 Å². The Morgan fingerprint density at radius 2 is 0.500 bits per heavy atom. The van der Waals surface area contributed by atoms with E-state index < -0.39 is 0 Å². The van der Waals surface area contributed by atoms with Crippen LogP contribution in [0.2, 0.25) is 0 Å². The summed E-state index contributed by atoms with van der Waals surface area (Å²) in [6, 6.07) is 0. The normalized spacial score (nSPS) is 0. The van der Waals surface area contributed by atoms with Crippen molar-refractivity contribution >= 4 is 71.9 Å². The zero-order chi connectivity index (χ0) is 0. The summed E-state index contributed by atoms with van der Waals surface area (Å²) in [7, 11) is 0. The fraction of sp³-hybridized carbons (Fsp3) is 0.750. The minimum absolute atomic E-state index is 0. The van der Waals surface area contributed by atoms with Crippen LogP contribution >= 0.6 is 71.9 Å². The largest absolute Gasteiger partial charge is 1.00 e. The van der Waals surface area contributed by atoms with Crippen LogP contribution in [0.4, 0.5) is 0 Å². The van der Waals surface area contributed by atoms with Crippen LogP contribution in [0, 0.1) is 7.43 Å². The van der Waals surface area contributed by atoms with E-state index in [1.54, 1.807) is 0 Å². The minimum Gasteiger partial charge on any atom is -0.358 e. The Morgan fingerprint density at radius 1 is 0.500 bits per heavy atom. The SMILES string of the molecule is C.C.C.I.I.I.[CH3-].[K+]. The molecule has 0 spiro atoms. The van der Waals surface area contributed by atoms with Gasteiger partial charge < -0.3 is 7.43 Å². The number of rotatable bonds is 0. The van der Waals surface area contributed by atoms with Gasteiger partial charge in [0.05, 0.1) is 0 Å². The van der Waals surface area contributed by atoms with Gasteiger partial charge in [0.1, 0.15) is 0 Å². The summed E-state index contributed by atoms with van der Waals surface area (Å²) < 4.78 is 0. The Balaban J connectivity index is 0. The molecule has 0 aliphatic heterocycles. The van der Waals surface area contributed by atoms with Gasteiger partial charge in [-0.15, -0.1) is 71.9 Å². The summed E-state index contributed by atoms with van der Waals surface area (Å²) in [5.74, 6) is 0. The van der Waals surface area contributed by atoms with Gasteiger partial charge >= 0.3 is 51.4 Å². The maximum absolute atomic E-state index is 0. The van der Waals surface area contributed by atoms with Gasteiger partial charge in [-0.2, -0.15) is 0 Å². The van der Waals surface area contributed by atoms with Crippen LogP contribution in [0.1, 0.15) is 22.3 Å². The van der Waals surface area contributed by atoms with E-state index in [0.29, 0.717) is 0 Å². The maximum atomic E-state index is 0. The smallest absolute Gasteiger partial charge is 0.358 e. The van der Waals surface area contributed by atoms with Crippen molar-refractivity contribution in [2.45, 2.75) is 22.3 Å². The minimum atomic E-state index is 0. The Labute approximate surface area is 149 Å². The second kappa shape index (κ2) is 71.4. The molecule has 0 heterocycles. The van der Waals surface area contributed by atoms with Gasteiger partial charge in [-0.3, -0.25) is 0 Å². The van der Waals surface area contributed by atoms with Crippen LogP contribution in [0.25, 0.3) is 0 Å². The van der Waals surface area contributed by atoms with E-state index >= 15 is 0 Å². The second-order valence-electron chi connectivity index (χ2n) is 0. The molecule has 0 rings (SSSR count). The van der Waals surface area contributed by atoms with Crippen molar-refractivity contribution < 1.29 is 51.4 Å². The average Bonchev–Trinajstić information content (AvgIpc) is 0. The number of hydrogen-bond acceptors (Lipinski definition) is 0. The molecule has 0 aromatic rings. The van der Waals surface area contributed by atoms with E-state index in [1.807, 2.05) is 0 Å². The molecule has 0 bridgehead atoms. The molecule has 0 aromatic heterocycles. The summed E-state index contributed by atoms with van der Waals surface area (Å²) in [6.07, 6.45) is 0. The van der Waals surface area contributed by atoms with Gasteiger partial charge in [-0.1, -0.05) is 22.3 Å². The van der Waals surface area contributed by atoms with Gasteiger partial charge in [0, 0.05) is 0 Å². The van der Waals surface area contributed by atoms with Crippen molar-refractivity contribution in [2.24, 2.45) is 0 Å². The van der Waals surface area contributed by atoms with E-state index in [9.17, 15) is 0 Å². The third-order valence-corrected chi connectivity index (χ3v) is 0. The van der Waals surface area contributed by atoms with Crippen LogP contribution < -0.4 is 51.4 Å². The van der Waals surface area contributed by atoms with Crippen molar-refractivity contribution in [3.8, 4) is 0 Å². The van der Waals surface area contributed by atoms with E-state index in [-0.39, 0.29) is 153 Å². The first-order valence-electron chi connectivity index (χ1n) is 0. The van der Waals surface area contributed by atoms with Gasteiger partial charge in [-0.25, -0.2) is 0 Å². The summed E-state index contributed by atoms with van der Waals surface area (Å²) in [5, 5.41) is 0. The van der Waals surface area contributed by atoms with Crippen molar-refractivity contribution in [3.63, 3.8) is 0 Å². The van der Waals surface area contributed by atoms with Gasteiger partial charge in [0.2, 0.25) is 0 Å². The van der Waals surface area contributed by atoms with E-state index in [1.165, 1.54) is 0 Å². The summed E-state index contributed by atoms with van der Waals surface area (Å²) in [4.78, 5) is 0. The molecular formula is C4H18I3K. The van der Waals surface area contributed by atoms with Crippen molar-refractivity contribution in [1.29, 1.82) is 0 Å². The monoisotopic (exact) mass is 486 g/mol. The molecule has 0 fully saturated rings. The average molecular weight is 486 g/mol. The Morgan fingerprint density at radius 3 is 0.500 bits per heavy atom. The molecule has 0 nitrogen and oxygen atoms in total. The molecule has 0 atom stereocenters. The summed E-state index contributed by atoms with van der Waals surface area (Å²) in [5.41, 5.74) is 0. The predicted molar refractivity (Wildman–Crippen MR) is 72.9 cm³/mol. The molecule has 0 saturated carbocycles. The zero-order valence-electron chi connectivity index (χ0n) is 3.22. The Hall–Kier alpha value is 3.83. The first-order chi connectivity index (χ1) is 0. The third kappa shape index (κ3) is 52.3. The molecule has 0 radical (unpaired) electrons. The van der Waals surface area contributed by atoms with E-state index in [0.717, 1.165) is 0 Å². The van der Waals surface area contributed by atoms with Crippen molar-refractivity contribution in [1.82, 2.24) is 0 Å². The van der Waals surface area contributed by atoms with Crippen LogP contribution in [-0.2, 0) is 0 Å². The van der Waals surface area contributed by atoms with Crippen LogP contribution in [-0.4, -0.2) is 0 Å². The first kappa shape index (κ1) is 94.7. The number of hydrogen-bond donors (Lipinski definition) is 0. The number of halogens is 3. The molecule has 0 saturated heterocycles. The maximum Gasteiger partial charge on any atom is 1.00 e. The summed E-state index contributed by atoms with van der Waals surface area (Å²) >= 11 is 0. The third-order valence-electron chi connectivity index (χ3n) is 0.